The number of hydrogen-bond acceptors (Lipinski definition) is 3. The summed E-state index contributed by atoms with van der Waals surface area (Å²) in [5.74, 6) is 0.337. The molecule has 2 aliphatic heterocycles. The van der Waals surface area contributed by atoms with E-state index in [9.17, 15) is 9.59 Å². The van der Waals surface area contributed by atoms with Crippen molar-refractivity contribution in [1.82, 2.24) is 9.80 Å². The lowest BCUT2D eigenvalue weighted by Crippen LogP contribution is -2.46. The van der Waals surface area contributed by atoms with E-state index in [4.69, 9.17) is 0 Å². The number of piperidine rings is 1. The monoisotopic (exact) mass is 376 g/mol. The van der Waals surface area contributed by atoms with E-state index in [1.165, 1.54) is 29.4 Å². The van der Waals surface area contributed by atoms with Gasteiger partial charge in [0.05, 0.1) is 6.54 Å². The van der Waals surface area contributed by atoms with Gasteiger partial charge in [0.25, 0.3) is 0 Å². The highest BCUT2D eigenvalue weighted by Crippen LogP contribution is 2.34. The van der Waals surface area contributed by atoms with E-state index in [1.54, 1.807) is 0 Å². The molecule has 0 spiro atoms. The van der Waals surface area contributed by atoms with E-state index < -0.39 is 0 Å². The van der Waals surface area contributed by atoms with Crippen LogP contribution in [0.1, 0.15) is 47.2 Å². The van der Waals surface area contributed by atoms with Crippen LogP contribution in [-0.2, 0) is 17.6 Å². The number of likely N-dealkylation sites (tertiary alicyclic amines) is 2. The van der Waals surface area contributed by atoms with Crippen LogP contribution in [0.15, 0.2) is 30.3 Å². The maximum absolute atomic E-state index is 13.4. The van der Waals surface area contributed by atoms with Gasteiger partial charge in [-0.3, -0.25) is 14.5 Å². The normalized spacial score (nSPS) is 22.1. The summed E-state index contributed by atoms with van der Waals surface area (Å²) in [5.41, 5.74) is 3.59. The molecule has 0 bridgehead atoms. The predicted molar refractivity (Wildman–Crippen MR) is 111 cm³/mol. The summed E-state index contributed by atoms with van der Waals surface area (Å²) in [4.78, 5) is 30.3. The van der Waals surface area contributed by atoms with Crippen LogP contribution in [0, 0.1) is 5.92 Å². The molecular weight excluding hydrogens is 348 g/mol. The van der Waals surface area contributed by atoms with Crippen molar-refractivity contribution in [3.63, 3.8) is 0 Å². The topological polar surface area (TPSA) is 40.6 Å². The summed E-state index contributed by atoms with van der Waals surface area (Å²) < 4.78 is 0. The van der Waals surface area contributed by atoms with Gasteiger partial charge in [-0.1, -0.05) is 30.3 Å². The fraction of sp³-hybridized carbons (Fsp3) is 0.500. The third-order valence-corrected chi connectivity index (χ3v) is 6.84. The van der Waals surface area contributed by atoms with Crippen molar-refractivity contribution in [3.05, 3.63) is 47.0 Å². The fourth-order valence-electron chi connectivity index (χ4n) is 5.33. The van der Waals surface area contributed by atoms with Gasteiger partial charge in [-0.2, -0.15) is 0 Å². The molecule has 4 heteroatoms. The Labute approximate surface area is 166 Å². The van der Waals surface area contributed by atoms with Crippen molar-refractivity contribution in [3.8, 4) is 0 Å². The third-order valence-electron chi connectivity index (χ3n) is 6.84. The Kier molecular flexibility index (Phi) is 4.67. The quantitative estimate of drug-likeness (QED) is 0.768. The Hall–Kier alpha value is -2.20. The highest BCUT2D eigenvalue weighted by atomic mass is 16.2. The molecule has 1 aliphatic carbocycles. The van der Waals surface area contributed by atoms with E-state index >= 15 is 0 Å². The molecule has 1 atom stereocenters. The van der Waals surface area contributed by atoms with Gasteiger partial charge < -0.3 is 4.90 Å². The molecule has 146 valence electrons. The average molecular weight is 377 g/mol. The summed E-state index contributed by atoms with van der Waals surface area (Å²) in [6.45, 7) is 3.95. The molecule has 2 heterocycles. The Morgan fingerprint density at radius 1 is 0.929 bits per heavy atom. The van der Waals surface area contributed by atoms with Crippen molar-refractivity contribution in [2.45, 2.75) is 38.5 Å². The molecule has 0 N–H and O–H groups in total. The molecule has 5 rings (SSSR count). The highest BCUT2D eigenvalue weighted by Gasteiger charge is 2.31. The number of carbonyl (C=O) groups excluding carboxylic acids is 2. The molecule has 4 nitrogen and oxygen atoms in total. The third kappa shape index (κ3) is 3.14. The van der Waals surface area contributed by atoms with Gasteiger partial charge >= 0.3 is 0 Å². The van der Waals surface area contributed by atoms with Gasteiger partial charge in [0, 0.05) is 24.6 Å². The van der Waals surface area contributed by atoms with Crippen molar-refractivity contribution >= 4 is 22.5 Å². The standard InChI is InChI=1S/C24H28N2O2/c27-22(16-25-12-1-2-13-25)26-14-4-6-19(15-26)24(28)21-11-10-18-9-8-17-5-3-7-20(21)23(17)18/h3,5,7,10-11,19H,1-2,4,6,8-9,12-16H2/t19-/m1/s1. The van der Waals surface area contributed by atoms with E-state index in [2.05, 4.69) is 29.2 Å². The smallest absolute Gasteiger partial charge is 0.236 e. The summed E-state index contributed by atoms with van der Waals surface area (Å²) in [6, 6.07) is 10.5. The van der Waals surface area contributed by atoms with Crippen LogP contribution in [0.5, 0.6) is 0 Å². The van der Waals surface area contributed by atoms with Crippen LogP contribution in [0.25, 0.3) is 10.8 Å². The number of hydrogen-bond donors (Lipinski definition) is 0. The number of Topliss-reactive ketones (excluding diaryl/α,β-unsaturated/α-hetero) is 1. The molecule has 28 heavy (non-hydrogen) atoms. The van der Waals surface area contributed by atoms with Gasteiger partial charge in [-0.05, 0) is 73.5 Å². The SMILES string of the molecule is O=C(c1ccc2c3c(cccc13)CC2)[C@@H]1CCCN(C(=O)CN2CCCC2)C1. The first-order valence-electron chi connectivity index (χ1n) is 10.8. The van der Waals surface area contributed by atoms with Crippen LogP contribution < -0.4 is 0 Å². The molecule has 3 aliphatic rings. The molecule has 1 amide bonds. The van der Waals surface area contributed by atoms with Gasteiger partial charge in [-0.15, -0.1) is 0 Å². The van der Waals surface area contributed by atoms with Gasteiger partial charge in [0.2, 0.25) is 5.91 Å². The second-order valence-corrected chi connectivity index (χ2v) is 8.64. The summed E-state index contributed by atoms with van der Waals surface area (Å²) in [5, 5.41) is 2.41. The fourth-order valence-corrected chi connectivity index (χ4v) is 5.33. The van der Waals surface area contributed by atoms with E-state index in [0.717, 1.165) is 56.3 Å². The minimum atomic E-state index is -0.0743. The maximum Gasteiger partial charge on any atom is 0.236 e. The zero-order valence-corrected chi connectivity index (χ0v) is 16.5. The molecular formula is C24H28N2O2. The lowest BCUT2D eigenvalue weighted by Gasteiger charge is -2.33. The molecule has 0 unspecified atom stereocenters. The molecule has 2 aromatic rings. The molecule has 2 saturated heterocycles. The maximum atomic E-state index is 13.4. The lowest BCUT2D eigenvalue weighted by molar-refractivity contribution is -0.133. The second-order valence-electron chi connectivity index (χ2n) is 8.64. The minimum Gasteiger partial charge on any atom is -0.341 e. The molecule has 2 fully saturated rings. The first kappa shape index (κ1) is 17.9. The Bertz CT molecular complexity index is 919. The first-order chi connectivity index (χ1) is 13.7. The van der Waals surface area contributed by atoms with Crippen molar-refractivity contribution in [2.75, 3.05) is 32.7 Å². The number of benzene rings is 2. The van der Waals surface area contributed by atoms with E-state index in [1.807, 2.05) is 11.0 Å². The summed E-state index contributed by atoms with van der Waals surface area (Å²) in [6.07, 6.45) is 6.34. The Morgan fingerprint density at radius 3 is 2.54 bits per heavy atom. The second kappa shape index (κ2) is 7.32. The summed E-state index contributed by atoms with van der Waals surface area (Å²) in [7, 11) is 0. The van der Waals surface area contributed by atoms with E-state index in [0.29, 0.717) is 13.1 Å². The molecule has 0 radical (unpaired) electrons. The number of carbonyl (C=O) groups is 2. The minimum absolute atomic E-state index is 0.0743. The number of nitrogens with zero attached hydrogens (tertiary/aromatic N) is 2. The molecule has 0 aromatic heterocycles. The van der Waals surface area contributed by atoms with Gasteiger partial charge in [-0.25, -0.2) is 0 Å². The summed E-state index contributed by atoms with van der Waals surface area (Å²) >= 11 is 0. The number of ketones is 1. The van der Waals surface area contributed by atoms with Crippen molar-refractivity contribution in [1.29, 1.82) is 0 Å². The van der Waals surface area contributed by atoms with Crippen LogP contribution >= 0.6 is 0 Å². The average Bonchev–Trinajstić information content (AvgIpc) is 3.39. The number of rotatable bonds is 4. The zero-order chi connectivity index (χ0) is 19.1. The van der Waals surface area contributed by atoms with Crippen LogP contribution in [0.2, 0.25) is 0 Å². The van der Waals surface area contributed by atoms with Crippen LogP contribution in [0.3, 0.4) is 0 Å². The number of aryl methyl sites for hydroxylation is 2. The number of amides is 1. The van der Waals surface area contributed by atoms with Crippen molar-refractivity contribution < 1.29 is 9.59 Å². The highest BCUT2D eigenvalue weighted by molar-refractivity contribution is 6.11. The van der Waals surface area contributed by atoms with Gasteiger partial charge in [0.1, 0.15) is 0 Å². The first-order valence-corrected chi connectivity index (χ1v) is 10.8. The van der Waals surface area contributed by atoms with Crippen LogP contribution in [0.4, 0.5) is 0 Å². The van der Waals surface area contributed by atoms with Gasteiger partial charge in [0.15, 0.2) is 5.78 Å². The Balaban J connectivity index is 1.35. The largest absolute Gasteiger partial charge is 0.341 e. The zero-order valence-electron chi connectivity index (χ0n) is 16.5. The van der Waals surface area contributed by atoms with Crippen molar-refractivity contribution in [2.24, 2.45) is 5.92 Å². The van der Waals surface area contributed by atoms with E-state index in [-0.39, 0.29) is 17.6 Å². The molecule has 0 saturated carbocycles. The molecule has 2 aromatic carbocycles. The lowest BCUT2D eigenvalue weighted by atomic mass is 9.87. The predicted octanol–water partition coefficient (Wildman–Crippen LogP) is 3.46. The van der Waals surface area contributed by atoms with Crippen LogP contribution in [-0.4, -0.2) is 54.2 Å². The Morgan fingerprint density at radius 2 is 1.71 bits per heavy atom.